The van der Waals surface area contributed by atoms with Crippen LogP contribution in [0.2, 0.25) is 0 Å². The molecule has 2 heterocycles. The van der Waals surface area contributed by atoms with E-state index in [4.69, 9.17) is 20.9 Å². The molecule has 2 aliphatic rings. The first-order valence-electron chi connectivity index (χ1n) is 9.07. The lowest BCUT2D eigenvalue weighted by Gasteiger charge is -2.33. The Morgan fingerprint density at radius 2 is 1.93 bits per heavy atom. The molecule has 0 radical (unpaired) electrons. The molecule has 7 nitrogen and oxygen atoms in total. The molecular weight excluding hydrogens is 356 g/mol. The first-order valence-corrected chi connectivity index (χ1v) is 9.07. The summed E-state index contributed by atoms with van der Waals surface area (Å²) in [7, 11) is 0. The number of benzene rings is 2. The van der Waals surface area contributed by atoms with Crippen molar-refractivity contribution in [3.63, 3.8) is 0 Å². The molecule has 0 spiro atoms. The molecule has 1 aromatic heterocycles. The van der Waals surface area contributed by atoms with E-state index < -0.39 is 5.91 Å². The number of anilines is 1. The molecule has 1 aliphatic carbocycles. The summed E-state index contributed by atoms with van der Waals surface area (Å²) < 4.78 is 12.7. The summed E-state index contributed by atoms with van der Waals surface area (Å²) in [5.74, 6) is 0.788. The number of hydrogen-bond donors (Lipinski definition) is 2. The number of fused-ring (bicyclic) bond motifs is 4. The number of primary amides is 1. The minimum absolute atomic E-state index is 0.178. The number of hydrogen-bond acceptors (Lipinski definition) is 5. The summed E-state index contributed by atoms with van der Waals surface area (Å²) in [6.07, 6.45) is 0.655. The Hall–Kier alpha value is -3.48. The Kier molecular flexibility index (Phi) is 3.28. The summed E-state index contributed by atoms with van der Waals surface area (Å²) in [5, 5.41) is 4.59. The van der Waals surface area contributed by atoms with E-state index in [0.717, 1.165) is 28.1 Å². The monoisotopic (exact) mass is 376 g/mol. The van der Waals surface area contributed by atoms with Crippen molar-refractivity contribution in [2.45, 2.75) is 25.7 Å². The summed E-state index contributed by atoms with van der Waals surface area (Å²) in [4.78, 5) is 12.2. The van der Waals surface area contributed by atoms with Crippen LogP contribution in [0.4, 0.5) is 5.69 Å². The minimum Gasteiger partial charge on any atom is -0.454 e. The van der Waals surface area contributed by atoms with Crippen LogP contribution in [0.25, 0.3) is 16.9 Å². The summed E-state index contributed by atoms with van der Waals surface area (Å²) in [6, 6.07) is 11.5. The third-order valence-corrected chi connectivity index (χ3v) is 5.46. The van der Waals surface area contributed by atoms with Gasteiger partial charge in [0.25, 0.3) is 5.91 Å². The third kappa shape index (κ3) is 2.29. The molecule has 5 rings (SSSR count). The van der Waals surface area contributed by atoms with E-state index in [1.54, 1.807) is 4.68 Å². The highest BCUT2D eigenvalue weighted by molar-refractivity contribution is 5.95. The highest BCUT2D eigenvalue weighted by Crippen LogP contribution is 2.46. The average molecular weight is 376 g/mol. The van der Waals surface area contributed by atoms with E-state index >= 15 is 0 Å². The van der Waals surface area contributed by atoms with Crippen LogP contribution in [0.3, 0.4) is 0 Å². The van der Waals surface area contributed by atoms with Gasteiger partial charge in [0.2, 0.25) is 6.79 Å². The van der Waals surface area contributed by atoms with Crippen molar-refractivity contribution in [1.29, 1.82) is 0 Å². The summed E-state index contributed by atoms with van der Waals surface area (Å²) >= 11 is 0. The molecule has 1 aliphatic heterocycles. The van der Waals surface area contributed by atoms with Gasteiger partial charge in [-0.15, -0.1) is 0 Å². The summed E-state index contributed by atoms with van der Waals surface area (Å²) in [5.41, 5.74) is 17.1. The van der Waals surface area contributed by atoms with Crippen LogP contribution in [-0.4, -0.2) is 22.5 Å². The van der Waals surface area contributed by atoms with Crippen LogP contribution < -0.4 is 20.9 Å². The molecule has 28 heavy (non-hydrogen) atoms. The van der Waals surface area contributed by atoms with E-state index in [-0.39, 0.29) is 17.9 Å². The molecule has 1 amide bonds. The second kappa shape index (κ2) is 5.51. The largest absolute Gasteiger partial charge is 0.454 e. The third-order valence-electron chi connectivity index (χ3n) is 5.46. The molecular formula is C21H20N4O3. The zero-order valence-electron chi connectivity index (χ0n) is 15.7. The number of rotatable bonds is 2. The van der Waals surface area contributed by atoms with E-state index in [9.17, 15) is 4.79 Å². The van der Waals surface area contributed by atoms with Gasteiger partial charge in [-0.05, 0) is 41.7 Å². The van der Waals surface area contributed by atoms with Gasteiger partial charge in [-0.3, -0.25) is 4.79 Å². The Balaban J connectivity index is 1.81. The van der Waals surface area contributed by atoms with Gasteiger partial charge in [-0.1, -0.05) is 19.9 Å². The van der Waals surface area contributed by atoms with E-state index in [1.807, 2.05) is 30.3 Å². The van der Waals surface area contributed by atoms with Gasteiger partial charge in [-0.2, -0.15) is 5.10 Å². The normalized spacial score (nSPS) is 15.8. The van der Waals surface area contributed by atoms with E-state index in [1.165, 1.54) is 0 Å². The molecule has 7 heteroatoms. The Labute approximate surface area is 161 Å². The van der Waals surface area contributed by atoms with Gasteiger partial charge < -0.3 is 20.9 Å². The standard InChI is InChI=1S/C21H20N4O3/c1-21(2)9-14-18(20(23)26)24-25(12-4-6-16-17(8-12)28-10-27-16)19(14)13-7-11(22)3-5-15(13)21/h3-8H,9-10,22H2,1-2H3,(H2,23,26). The van der Waals surface area contributed by atoms with Crippen molar-refractivity contribution >= 4 is 11.6 Å². The van der Waals surface area contributed by atoms with Crippen LogP contribution in [0.1, 0.15) is 35.5 Å². The van der Waals surface area contributed by atoms with Crippen LogP contribution >= 0.6 is 0 Å². The van der Waals surface area contributed by atoms with Gasteiger partial charge >= 0.3 is 0 Å². The van der Waals surface area contributed by atoms with Crippen LogP contribution in [0.5, 0.6) is 11.5 Å². The predicted molar refractivity (Wildman–Crippen MR) is 105 cm³/mol. The van der Waals surface area contributed by atoms with Crippen molar-refractivity contribution < 1.29 is 14.3 Å². The van der Waals surface area contributed by atoms with Crippen molar-refractivity contribution in [3.05, 3.63) is 53.2 Å². The minimum atomic E-state index is -0.543. The number of amides is 1. The average Bonchev–Trinajstić information content (AvgIpc) is 3.24. The Morgan fingerprint density at radius 3 is 2.71 bits per heavy atom. The fourth-order valence-corrected chi connectivity index (χ4v) is 4.18. The quantitative estimate of drug-likeness (QED) is 0.669. The van der Waals surface area contributed by atoms with Crippen molar-refractivity contribution in [1.82, 2.24) is 9.78 Å². The molecule has 0 bridgehead atoms. The second-order valence-electron chi connectivity index (χ2n) is 7.86. The summed E-state index contributed by atoms with van der Waals surface area (Å²) in [6.45, 7) is 4.48. The maximum absolute atomic E-state index is 12.2. The number of carbonyl (C=O) groups is 1. The van der Waals surface area contributed by atoms with Gasteiger partial charge in [0, 0.05) is 22.9 Å². The first kappa shape index (κ1) is 16.7. The zero-order chi connectivity index (χ0) is 19.6. The number of carbonyl (C=O) groups excluding carboxylic acids is 1. The molecule has 0 saturated carbocycles. The maximum atomic E-state index is 12.2. The van der Waals surface area contributed by atoms with Gasteiger partial charge in [0.05, 0.1) is 11.4 Å². The van der Waals surface area contributed by atoms with Crippen LogP contribution in [0, 0.1) is 0 Å². The topological polar surface area (TPSA) is 105 Å². The highest BCUT2D eigenvalue weighted by atomic mass is 16.7. The molecule has 0 atom stereocenters. The Morgan fingerprint density at radius 1 is 1.14 bits per heavy atom. The fourth-order valence-electron chi connectivity index (χ4n) is 4.18. The number of nitrogens with zero attached hydrogens (tertiary/aromatic N) is 2. The molecule has 4 N–H and O–H groups in total. The SMILES string of the molecule is CC1(C)Cc2c(C(N)=O)nn(-c3ccc4c(c3)OCO4)c2-c2cc(N)ccc21. The maximum Gasteiger partial charge on any atom is 0.269 e. The van der Waals surface area contributed by atoms with Crippen LogP contribution in [0.15, 0.2) is 36.4 Å². The molecule has 0 saturated heterocycles. The van der Waals surface area contributed by atoms with Crippen molar-refractivity contribution in [2.24, 2.45) is 5.73 Å². The second-order valence-corrected chi connectivity index (χ2v) is 7.86. The Bertz CT molecular complexity index is 1150. The van der Waals surface area contributed by atoms with Crippen molar-refractivity contribution in [3.8, 4) is 28.4 Å². The lowest BCUT2D eigenvalue weighted by molar-refractivity contribution is 0.0994. The number of nitrogens with two attached hydrogens (primary N) is 2. The molecule has 0 fully saturated rings. The lowest BCUT2D eigenvalue weighted by Crippen LogP contribution is -2.27. The zero-order valence-corrected chi connectivity index (χ0v) is 15.7. The number of aromatic nitrogens is 2. The van der Waals surface area contributed by atoms with Crippen LogP contribution in [-0.2, 0) is 11.8 Å². The fraction of sp³-hybridized carbons (Fsp3) is 0.238. The highest BCUT2D eigenvalue weighted by Gasteiger charge is 2.37. The molecule has 0 unspecified atom stereocenters. The smallest absolute Gasteiger partial charge is 0.269 e. The molecule has 142 valence electrons. The van der Waals surface area contributed by atoms with E-state index in [2.05, 4.69) is 25.0 Å². The first-order chi connectivity index (χ1) is 13.3. The van der Waals surface area contributed by atoms with Gasteiger partial charge in [0.1, 0.15) is 0 Å². The van der Waals surface area contributed by atoms with Crippen molar-refractivity contribution in [2.75, 3.05) is 12.5 Å². The molecule has 3 aromatic rings. The van der Waals surface area contributed by atoms with Gasteiger partial charge in [-0.25, -0.2) is 4.68 Å². The predicted octanol–water partition coefficient (Wildman–Crippen LogP) is 2.78. The van der Waals surface area contributed by atoms with Gasteiger partial charge in [0.15, 0.2) is 17.2 Å². The van der Waals surface area contributed by atoms with E-state index in [0.29, 0.717) is 23.6 Å². The lowest BCUT2D eigenvalue weighted by atomic mass is 9.71. The number of ether oxygens (including phenoxy) is 2. The number of nitrogen functional groups attached to an aromatic ring is 1. The molecule has 2 aromatic carbocycles.